The van der Waals surface area contributed by atoms with Gasteiger partial charge in [-0.3, -0.25) is 0 Å². The summed E-state index contributed by atoms with van der Waals surface area (Å²) in [6, 6.07) is 0.238. The number of carbonyl (C=O) groups excluding carboxylic acids is 1. The molecule has 1 aliphatic rings. The van der Waals surface area contributed by atoms with Crippen molar-refractivity contribution in [2.24, 2.45) is 0 Å². The van der Waals surface area contributed by atoms with Crippen molar-refractivity contribution in [3.05, 3.63) is 12.7 Å². The second-order valence-electron chi connectivity index (χ2n) is 3.01. The number of amides is 1. The van der Waals surface area contributed by atoms with Crippen LogP contribution in [0.15, 0.2) is 12.7 Å². The SMILES string of the molecule is C=CCCCCC1COC(=O)N1. The summed E-state index contributed by atoms with van der Waals surface area (Å²) in [5.74, 6) is 0. The Kier molecular flexibility index (Phi) is 3.64. The van der Waals surface area contributed by atoms with Crippen molar-refractivity contribution in [2.45, 2.75) is 31.7 Å². The maximum absolute atomic E-state index is 10.6. The smallest absolute Gasteiger partial charge is 0.407 e. The third-order valence-corrected chi connectivity index (χ3v) is 1.95. The zero-order chi connectivity index (χ0) is 8.81. The van der Waals surface area contributed by atoms with Crippen LogP contribution >= 0.6 is 0 Å². The number of cyclic esters (lactones) is 1. The van der Waals surface area contributed by atoms with Crippen LogP contribution in [0.4, 0.5) is 4.79 Å². The van der Waals surface area contributed by atoms with Gasteiger partial charge in [-0.25, -0.2) is 4.79 Å². The topological polar surface area (TPSA) is 38.3 Å². The van der Waals surface area contributed by atoms with E-state index in [-0.39, 0.29) is 12.1 Å². The van der Waals surface area contributed by atoms with E-state index in [0.717, 1.165) is 25.7 Å². The quantitative estimate of drug-likeness (QED) is 0.503. The molecule has 3 heteroatoms. The molecule has 1 unspecified atom stereocenters. The summed E-state index contributed by atoms with van der Waals surface area (Å²) >= 11 is 0. The molecule has 68 valence electrons. The van der Waals surface area contributed by atoms with Crippen LogP contribution in [-0.2, 0) is 4.74 Å². The van der Waals surface area contributed by atoms with Gasteiger partial charge in [0, 0.05) is 0 Å². The van der Waals surface area contributed by atoms with Crippen LogP contribution in [0.1, 0.15) is 25.7 Å². The largest absolute Gasteiger partial charge is 0.447 e. The van der Waals surface area contributed by atoms with Crippen molar-refractivity contribution in [1.82, 2.24) is 5.32 Å². The van der Waals surface area contributed by atoms with Gasteiger partial charge in [0.25, 0.3) is 0 Å². The molecular formula is C9H15NO2. The number of nitrogens with one attached hydrogen (secondary N) is 1. The summed E-state index contributed by atoms with van der Waals surface area (Å²) in [4.78, 5) is 10.6. The molecule has 0 aromatic heterocycles. The van der Waals surface area contributed by atoms with Crippen LogP contribution in [0.25, 0.3) is 0 Å². The minimum atomic E-state index is -0.274. The van der Waals surface area contributed by atoms with E-state index in [1.807, 2.05) is 6.08 Å². The van der Waals surface area contributed by atoms with Gasteiger partial charge in [-0.2, -0.15) is 0 Å². The van der Waals surface area contributed by atoms with Gasteiger partial charge < -0.3 is 10.1 Å². The van der Waals surface area contributed by atoms with E-state index < -0.39 is 0 Å². The van der Waals surface area contributed by atoms with Gasteiger partial charge in [0.15, 0.2) is 0 Å². The number of allylic oxidation sites excluding steroid dienone is 1. The van der Waals surface area contributed by atoms with E-state index in [9.17, 15) is 4.79 Å². The standard InChI is InChI=1S/C9H15NO2/c1-2-3-4-5-6-8-7-12-9(11)10-8/h2,8H,1,3-7H2,(H,10,11). The molecule has 1 saturated heterocycles. The van der Waals surface area contributed by atoms with Crippen molar-refractivity contribution < 1.29 is 9.53 Å². The Labute approximate surface area is 72.8 Å². The van der Waals surface area contributed by atoms with Crippen molar-refractivity contribution >= 4 is 6.09 Å². The number of hydrogen-bond acceptors (Lipinski definition) is 2. The monoisotopic (exact) mass is 169 g/mol. The Morgan fingerprint density at radius 3 is 3.08 bits per heavy atom. The Hall–Kier alpha value is -0.990. The summed E-state index contributed by atoms with van der Waals surface area (Å²) in [5, 5.41) is 2.74. The van der Waals surface area contributed by atoms with E-state index in [1.165, 1.54) is 0 Å². The van der Waals surface area contributed by atoms with E-state index in [1.54, 1.807) is 0 Å². The third kappa shape index (κ3) is 2.95. The second kappa shape index (κ2) is 4.80. The Morgan fingerprint density at radius 2 is 2.50 bits per heavy atom. The summed E-state index contributed by atoms with van der Waals surface area (Å²) in [6.07, 6.45) is 5.99. The highest BCUT2D eigenvalue weighted by molar-refractivity contribution is 5.69. The van der Waals surface area contributed by atoms with E-state index >= 15 is 0 Å². The molecule has 1 aliphatic heterocycles. The minimum Gasteiger partial charge on any atom is -0.447 e. The lowest BCUT2D eigenvalue weighted by Gasteiger charge is -2.04. The molecule has 0 spiro atoms. The molecular weight excluding hydrogens is 154 g/mol. The summed E-state index contributed by atoms with van der Waals surface area (Å²) in [6.45, 7) is 4.18. The summed E-state index contributed by atoms with van der Waals surface area (Å²) < 4.78 is 4.75. The first kappa shape index (κ1) is 9.10. The molecule has 0 saturated carbocycles. The lowest BCUT2D eigenvalue weighted by atomic mass is 10.1. The van der Waals surface area contributed by atoms with Gasteiger partial charge in [0.2, 0.25) is 0 Å². The number of unbranched alkanes of at least 4 members (excludes halogenated alkanes) is 2. The fourth-order valence-electron chi connectivity index (χ4n) is 1.26. The number of ether oxygens (including phenoxy) is 1. The Balaban J connectivity index is 2.00. The van der Waals surface area contributed by atoms with Crippen molar-refractivity contribution in [2.75, 3.05) is 6.61 Å². The van der Waals surface area contributed by atoms with Gasteiger partial charge in [0.05, 0.1) is 6.04 Å². The lowest BCUT2D eigenvalue weighted by Crippen LogP contribution is -2.25. The van der Waals surface area contributed by atoms with Crippen LogP contribution < -0.4 is 5.32 Å². The van der Waals surface area contributed by atoms with E-state index in [0.29, 0.717) is 6.61 Å². The van der Waals surface area contributed by atoms with Gasteiger partial charge in [-0.05, 0) is 19.3 Å². The molecule has 0 radical (unpaired) electrons. The van der Waals surface area contributed by atoms with Crippen molar-refractivity contribution in [1.29, 1.82) is 0 Å². The highest BCUT2D eigenvalue weighted by Crippen LogP contribution is 2.08. The molecule has 12 heavy (non-hydrogen) atoms. The number of carbonyl (C=O) groups is 1. The van der Waals surface area contributed by atoms with Gasteiger partial charge in [-0.15, -0.1) is 6.58 Å². The normalized spacial score (nSPS) is 21.7. The Morgan fingerprint density at radius 1 is 1.67 bits per heavy atom. The van der Waals surface area contributed by atoms with Crippen LogP contribution in [0.5, 0.6) is 0 Å². The maximum atomic E-state index is 10.6. The predicted octanol–water partition coefficient (Wildman–Crippen LogP) is 1.84. The molecule has 1 fully saturated rings. The molecule has 1 atom stereocenters. The van der Waals surface area contributed by atoms with Crippen LogP contribution in [0.2, 0.25) is 0 Å². The summed E-state index contributed by atoms with van der Waals surface area (Å²) in [7, 11) is 0. The van der Waals surface area contributed by atoms with Crippen molar-refractivity contribution in [3.8, 4) is 0 Å². The zero-order valence-corrected chi connectivity index (χ0v) is 7.21. The first-order valence-corrected chi connectivity index (χ1v) is 4.37. The molecule has 3 nitrogen and oxygen atoms in total. The first-order chi connectivity index (χ1) is 5.83. The first-order valence-electron chi connectivity index (χ1n) is 4.37. The summed E-state index contributed by atoms with van der Waals surface area (Å²) in [5.41, 5.74) is 0. The molecule has 0 aliphatic carbocycles. The van der Waals surface area contributed by atoms with E-state index in [2.05, 4.69) is 11.9 Å². The molecule has 0 bridgehead atoms. The molecule has 0 aromatic rings. The van der Waals surface area contributed by atoms with Crippen LogP contribution in [0, 0.1) is 0 Å². The van der Waals surface area contributed by atoms with Gasteiger partial charge in [-0.1, -0.05) is 12.5 Å². The van der Waals surface area contributed by atoms with Gasteiger partial charge >= 0.3 is 6.09 Å². The maximum Gasteiger partial charge on any atom is 0.407 e. The molecule has 0 aromatic carbocycles. The fourth-order valence-corrected chi connectivity index (χ4v) is 1.26. The average Bonchev–Trinajstić information content (AvgIpc) is 2.45. The fraction of sp³-hybridized carbons (Fsp3) is 0.667. The molecule has 1 heterocycles. The highest BCUT2D eigenvalue weighted by Gasteiger charge is 2.20. The predicted molar refractivity (Wildman–Crippen MR) is 46.9 cm³/mol. The van der Waals surface area contributed by atoms with Crippen LogP contribution in [0.3, 0.4) is 0 Å². The zero-order valence-electron chi connectivity index (χ0n) is 7.21. The van der Waals surface area contributed by atoms with Gasteiger partial charge in [0.1, 0.15) is 6.61 Å². The molecule has 1 amide bonds. The second-order valence-corrected chi connectivity index (χ2v) is 3.01. The highest BCUT2D eigenvalue weighted by atomic mass is 16.6. The van der Waals surface area contributed by atoms with Crippen LogP contribution in [-0.4, -0.2) is 18.7 Å². The molecule has 1 N–H and O–H groups in total. The number of hydrogen-bond donors (Lipinski definition) is 1. The number of rotatable bonds is 5. The Bertz CT molecular complexity index is 168. The number of alkyl carbamates (subject to hydrolysis) is 1. The lowest BCUT2D eigenvalue weighted by molar-refractivity contribution is 0.176. The average molecular weight is 169 g/mol. The van der Waals surface area contributed by atoms with E-state index in [4.69, 9.17) is 4.74 Å². The third-order valence-electron chi connectivity index (χ3n) is 1.95. The van der Waals surface area contributed by atoms with Crippen molar-refractivity contribution in [3.63, 3.8) is 0 Å². The minimum absolute atomic E-state index is 0.238. The molecule has 1 rings (SSSR count).